The lowest BCUT2D eigenvalue weighted by Crippen LogP contribution is -2.23. The minimum Gasteiger partial charge on any atom is -0.458 e. The van der Waals surface area contributed by atoms with E-state index in [2.05, 4.69) is 89.6 Å². The molecule has 12 aromatic rings. The lowest BCUT2D eigenvalue weighted by molar-refractivity contribution is 0.152. The molecule has 28 heteroatoms. The molecule has 18 heterocycles. The number of aromatic nitrogens is 15. The topological polar surface area (TPSA) is 332 Å². The fraction of sp³-hybridized carbons (Fsp3) is 0.417. The lowest BCUT2D eigenvalue weighted by atomic mass is 10.0. The molecule has 7 N–H and O–H groups in total. The quantitative estimate of drug-likeness (QED) is 0.0736. The Kier molecular flexibility index (Phi) is 21.7. The molecule has 100 heavy (non-hydrogen) atoms. The molecule has 6 aliphatic rings. The van der Waals surface area contributed by atoms with Gasteiger partial charge < -0.3 is 50.0 Å². The highest BCUT2D eigenvalue weighted by atomic mass is 35.5. The van der Waals surface area contributed by atoms with Crippen molar-refractivity contribution in [2.75, 3.05) is 96.1 Å². The fourth-order valence-corrected chi connectivity index (χ4v) is 14.0. The first-order chi connectivity index (χ1) is 47.3. The predicted octanol–water partition coefficient (Wildman–Crippen LogP) is 9.44. The molecule has 0 saturated carbocycles. The number of ether oxygens (including phenoxy) is 3. The second-order valence-electron chi connectivity index (χ2n) is 25.9. The molecule has 6 aliphatic heterocycles. The molecule has 12 aromatic heterocycles. The van der Waals surface area contributed by atoms with Crippen LogP contribution in [-0.4, -0.2) is 162 Å². The minimum absolute atomic E-state index is 0. The van der Waals surface area contributed by atoms with Gasteiger partial charge in [0.05, 0.1) is 81.2 Å². The third kappa shape index (κ3) is 15.5. The summed E-state index contributed by atoms with van der Waals surface area (Å²) in [7, 11) is 0. The Morgan fingerprint density at radius 3 is 1.03 bits per heavy atom. The Morgan fingerprint density at radius 1 is 0.400 bits per heavy atom. The van der Waals surface area contributed by atoms with Crippen molar-refractivity contribution in [3.63, 3.8) is 0 Å². The van der Waals surface area contributed by atoms with E-state index in [0.717, 1.165) is 159 Å². The van der Waals surface area contributed by atoms with E-state index in [9.17, 15) is 0 Å². The van der Waals surface area contributed by atoms with Crippen molar-refractivity contribution in [3.8, 4) is 34.8 Å². The third-order valence-corrected chi connectivity index (χ3v) is 18.9. The van der Waals surface area contributed by atoms with Crippen molar-refractivity contribution >= 4 is 46.4 Å². The number of furan rings is 3. The number of nitrogens with one attached hydrogen (secondary N) is 1. The van der Waals surface area contributed by atoms with Gasteiger partial charge in [-0.2, -0.15) is 58.7 Å². The first-order valence-corrected chi connectivity index (χ1v) is 33.4. The van der Waals surface area contributed by atoms with Gasteiger partial charge in [-0.05, 0) is 93.6 Å². The van der Waals surface area contributed by atoms with Crippen LogP contribution in [0.25, 0.3) is 51.7 Å². The summed E-state index contributed by atoms with van der Waals surface area (Å²) in [5.74, 6) is 11.1. The number of hydrogen-bond acceptors (Lipinski definition) is 24. The number of nitrogens with zero attached hydrogens (tertiary/aromatic N) is 17. The number of nitrogens with two attached hydrogens (primary N) is 3. The van der Waals surface area contributed by atoms with Gasteiger partial charge in [0.2, 0.25) is 35.3 Å². The van der Waals surface area contributed by atoms with Gasteiger partial charge in [0, 0.05) is 141 Å². The van der Waals surface area contributed by atoms with E-state index in [0.29, 0.717) is 101 Å². The van der Waals surface area contributed by atoms with Crippen LogP contribution in [0.5, 0.6) is 0 Å². The van der Waals surface area contributed by atoms with Crippen LogP contribution < -0.4 is 22.5 Å². The number of anilines is 3. The first kappa shape index (κ1) is 70.3. The molecule has 0 amide bonds. The van der Waals surface area contributed by atoms with Gasteiger partial charge in [-0.25, -0.2) is 0 Å². The van der Waals surface area contributed by atoms with Gasteiger partial charge >= 0.3 is 0 Å². The number of likely N-dealkylation sites (tertiary alicyclic amines) is 2. The van der Waals surface area contributed by atoms with E-state index in [-0.39, 0.29) is 40.1 Å². The Balaban J connectivity index is 0.000000133. The molecule has 524 valence electrons. The van der Waals surface area contributed by atoms with E-state index >= 15 is 0 Å². The summed E-state index contributed by atoms with van der Waals surface area (Å²) in [5.41, 5.74) is 28.5. The number of rotatable bonds is 14. The second kappa shape index (κ2) is 30.9. The van der Waals surface area contributed by atoms with Crippen LogP contribution in [0.2, 0.25) is 0 Å². The van der Waals surface area contributed by atoms with Crippen molar-refractivity contribution in [3.05, 3.63) is 178 Å². The van der Waals surface area contributed by atoms with Crippen LogP contribution in [0.1, 0.15) is 90.4 Å². The van der Waals surface area contributed by atoms with Gasteiger partial charge in [0.1, 0.15) is 17.3 Å². The van der Waals surface area contributed by atoms with Crippen molar-refractivity contribution in [2.45, 2.75) is 81.3 Å². The summed E-state index contributed by atoms with van der Waals surface area (Å²) in [6.07, 6.45) is 7.16. The standard InChI is InChI=1S/2C23H25N7O2.C17H15ClN6O.C6H11NO.3CH4/c2*1-14-5-6-20(32-14)22-28-23(24)27-21-15(8-25-30(21)22)7-18-3-2-4-19(26-18)11-29-9-16-12-31-13-17(16)10-29;1-10-5-6-14(25-10)16-23-17(19)22-15-11(9-20-24(15)16)7-12-3-2-4-13(8-18)21-12;1-5-3-8-4-6(5)2-7-1;;;/h2*2-6,8,16-17H,7,9-13H2,1H3,(H2,24,27);2-6,9H,7-8H2,1H3,(H2,19,22);5-7H,1-4H2;3*1H4. The molecule has 0 aromatic carbocycles. The summed E-state index contributed by atoms with van der Waals surface area (Å²) in [4.78, 5) is 45.5. The predicted molar refractivity (Wildman–Crippen MR) is 381 cm³/mol. The lowest BCUT2D eigenvalue weighted by Gasteiger charge is -2.16. The molecule has 0 spiro atoms. The maximum absolute atomic E-state index is 6.01. The van der Waals surface area contributed by atoms with Crippen LogP contribution in [0.4, 0.5) is 17.8 Å². The highest BCUT2D eigenvalue weighted by Crippen LogP contribution is 2.33. The van der Waals surface area contributed by atoms with Crippen LogP contribution in [0, 0.1) is 56.3 Å². The summed E-state index contributed by atoms with van der Waals surface area (Å²) in [6, 6.07) is 29.4. The zero-order chi connectivity index (χ0) is 66.1. The van der Waals surface area contributed by atoms with Crippen molar-refractivity contribution in [1.82, 2.24) is 88.8 Å². The van der Waals surface area contributed by atoms with E-state index in [1.54, 1.807) is 32.1 Å². The van der Waals surface area contributed by atoms with E-state index < -0.39 is 0 Å². The maximum Gasteiger partial charge on any atom is 0.224 e. The average Bonchev–Trinajstić information content (AvgIpc) is 1.67. The molecular weight excluding hydrogens is 1290 g/mol. The molecule has 27 nitrogen and oxygen atoms in total. The number of alkyl halides is 1. The Labute approximate surface area is 585 Å². The zero-order valence-corrected chi connectivity index (χ0v) is 55.0. The van der Waals surface area contributed by atoms with Crippen LogP contribution in [0.15, 0.2) is 123 Å². The molecule has 6 fully saturated rings. The van der Waals surface area contributed by atoms with Crippen LogP contribution in [0.3, 0.4) is 0 Å². The molecule has 0 bridgehead atoms. The fourth-order valence-electron chi connectivity index (χ4n) is 13.9. The molecule has 18 rings (SSSR count). The number of nitrogen functional groups attached to an aromatic ring is 3. The normalized spacial score (nSPS) is 19.8. The number of fused-ring (bicyclic) bond motifs is 6. The zero-order valence-electron chi connectivity index (χ0n) is 54.2. The molecule has 0 aliphatic carbocycles. The Morgan fingerprint density at radius 2 is 0.710 bits per heavy atom. The van der Waals surface area contributed by atoms with Crippen LogP contribution in [-0.2, 0) is 52.4 Å². The smallest absolute Gasteiger partial charge is 0.224 e. The van der Waals surface area contributed by atoms with E-state index in [1.807, 2.05) is 87.5 Å². The molecule has 6 saturated heterocycles. The van der Waals surface area contributed by atoms with Crippen LogP contribution >= 0.6 is 11.6 Å². The largest absolute Gasteiger partial charge is 0.458 e. The van der Waals surface area contributed by atoms with E-state index in [4.69, 9.17) is 66.2 Å². The summed E-state index contributed by atoms with van der Waals surface area (Å²) in [5, 5.41) is 16.8. The summed E-state index contributed by atoms with van der Waals surface area (Å²) < 4.78 is 38.6. The van der Waals surface area contributed by atoms with Gasteiger partial charge in [-0.3, -0.25) is 24.8 Å². The minimum atomic E-state index is 0. The molecule has 6 unspecified atom stereocenters. The molecular formula is C72H88ClN21O6. The highest BCUT2D eigenvalue weighted by molar-refractivity contribution is 6.16. The average molecular weight is 1380 g/mol. The van der Waals surface area contributed by atoms with Gasteiger partial charge in [0.25, 0.3) is 0 Å². The monoisotopic (exact) mass is 1380 g/mol. The number of halogens is 1. The van der Waals surface area contributed by atoms with Gasteiger partial charge in [-0.15, -0.1) is 11.6 Å². The number of hydrogen-bond donors (Lipinski definition) is 4. The van der Waals surface area contributed by atoms with E-state index in [1.165, 1.54) is 13.1 Å². The SMILES string of the molecule is C.C.C.C1NCC2COCC12.Cc1ccc(-c2nc(N)nc3c(Cc4cccc(CCl)n4)cnn23)o1.Cc1ccc(-c2nc(N)nc3c(Cc4cccc(CN5CC6COCC6C5)n4)cnn23)o1.Cc1ccc(-c2nc(N)nc3c(Cc4cccc(CN5CC6COCC6C5)n4)cnn23)o1. The summed E-state index contributed by atoms with van der Waals surface area (Å²) >= 11 is 5.86. The number of pyridine rings is 3. The molecule has 6 atom stereocenters. The Hall–Kier alpha value is -9.61. The Bertz CT molecular complexity index is 4510. The molecule has 0 radical (unpaired) electrons. The van der Waals surface area contributed by atoms with Gasteiger partial charge in [-0.1, -0.05) is 40.5 Å². The summed E-state index contributed by atoms with van der Waals surface area (Å²) in [6.45, 7) is 19.7. The second-order valence-corrected chi connectivity index (χ2v) is 26.2. The maximum atomic E-state index is 6.01. The third-order valence-electron chi connectivity index (χ3n) is 18.6. The van der Waals surface area contributed by atoms with Crippen molar-refractivity contribution in [1.29, 1.82) is 0 Å². The number of aryl methyl sites for hydroxylation is 3. The highest BCUT2D eigenvalue weighted by Gasteiger charge is 2.38. The first-order valence-electron chi connectivity index (χ1n) is 32.8. The van der Waals surface area contributed by atoms with Gasteiger partial charge in [0.15, 0.2) is 34.2 Å². The van der Waals surface area contributed by atoms with Crippen molar-refractivity contribution in [2.24, 2.45) is 35.5 Å². The van der Waals surface area contributed by atoms with Crippen molar-refractivity contribution < 1.29 is 27.5 Å².